The summed E-state index contributed by atoms with van der Waals surface area (Å²) in [6.45, 7) is 3.41. The fourth-order valence-electron chi connectivity index (χ4n) is 1.35. The number of nitrogens with zero attached hydrogens (tertiary/aromatic N) is 2. The second kappa shape index (κ2) is 6.92. The lowest BCUT2D eigenvalue weighted by atomic mass is 10.3. The van der Waals surface area contributed by atoms with Crippen molar-refractivity contribution in [2.45, 2.75) is 6.92 Å². The van der Waals surface area contributed by atoms with E-state index in [1.165, 1.54) is 0 Å². The van der Waals surface area contributed by atoms with E-state index in [0.717, 1.165) is 5.69 Å². The third kappa shape index (κ3) is 3.60. The standard InChI is InChI=1S/C11H17N3O2/c1-2-14(10-3-6-13-7-4-10)11(15)9-16-8-5-12/h3-4,6-7H,2,5,8-9,12H2,1H3. The highest BCUT2D eigenvalue weighted by atomic mass is 16.5. The van der Waals surface area contributed by atoms with Gasteiger partial charge in [0.2, 0.25) is 0 Å². The zero-order chi connectivity index (χ0) is 11.8. The molecule has 0 spiro atoms. The molecule has 1 aromatic rings. The molecule has 0 unspecified atom stereocenters. The molecule has 16 heavy (non-hydrogen) atoms. The number of nitrogens with two attached hydrogens (primary N) is 1. The molecule has 2 N–H and O–H groups in total. The average Bonchev–Trinajstić information content (AvgIpc) is 2.32. The van der Waals surface area contributed by atoms with Crippen LogP contribution >= 0.6 is 0 Å². The highest BCUT2D eigenvalue weighted by molar-refractivity contribution is 5.94. The van der Waals surface area contributed by atoms with Crippen LogP contribution in [0.25, 0.3) is 0 Å². The minimum atomic E-state index is -0.0675. The lowest BCUT2D eigenvalue weighted by molar-refractivity contribution is -0.122. The predicted molar refractivity (Wildman–Crippen MR) is 62.1 cm³/mol. The van der Waals surface area contributed by atoms with Gasteiger partial charge in [0.1, 0.15) is 6.61 Å². The Hall–Kier alpha value is -1.46. The zero-order valence-electron chi connectivity index (χ0n) is 9.43. The summed E-state index contributed by atoms with van der Waals surface area (Å²) in [6.07, 6.45) is 3.32. The predicted octanol–water partition coefficient (Wildman–Crippen LogP) is 0.410. The molecule has 0 saturated heterocycles. The number of aromatic nitrogens is 1. The summed E-state index contributed by atoms with van der Waals surface area (Å²) in [7, 11) is 0. The first-order valence-corrected chi connectivity index (χ1v) is 5.27. The van der Waals surface area contributed by atoms with Gasteiger partial charge < -0.3 is 15.4 Å². The Labute approximate surface area is 95.2 Å². The van der Waals surface area contributed by atoms with Gasteiger partial charge in [-0.2, -0.15) is 0 Å². The summed E-state index contributed by atoms with van der Waals surface area (Å²) < 4.78 is 5.12. The summed E-state index contributed by atoms with van der Waals surface area (Å²) in [4.78, 5) is 17.4. The molecule has 5 nitrogen and oxygen atoms in total. The number of hydrogen-bond donors (Lipinski definition) is 1. The number of amides is 1. The monoisotopic (exact) mass is 223 g/mol. The van der Waals surface area contributed by atoms with Gasteiger partial charge in [-0.3, -0.25) is 9.78 Å². The SMILES string of the molecule is CCN(C(=O)COCCN)c1ccncc1. The molecule has 0 bridgehead atoms. The summed E-state index contributed by atoms with van der Waals surface area (Å²) >= 11 is 0. The maximum absolute atomic E-state index is 11.8. The molecule has 0 aliphatic rings. The first kappa shape index (κ1) is 12.6. The van der Waals surface area contributed by atoms with E-state index in [-0.39, 0.29) is 12.5 Å². The lowest BCUT2D eigenvalue weighted by Crippen LogP contribution is -2.34. The minimum Gasteiger partial charge on any atom is -0.370 e. The molecule has 0 saturated carbocycles. The van der Waals surface area contributed by atoms with Gasteiger partial charge in [-0.1, -0.05) is 0 Å². The molecule has 1 amide bonds. The Morgan fingerprint density at radius 3 is 2.75 bits per heavy atom. The van der Waals surface area contributed by atoms with Crippen LogP contribution in [0.1, 0.15) is 6.92 Å². The van der Waals surface area contributed by atoms with Crippen LogP contribution in [0.2, 0.25) is 0 Å². The number of carbonyl (C=O) groups excluding carboxylic acids is 1. The quantitative estimate of drug-likeness (QED) is 0.709. The van der Waals surface area contributed by atoms with Crippen molar-refractivity contribution in [2.24, 2.45) is 5.73 Å². The fraction of sp³-hybridized carbons (Fsp3) is 0.455. The Balaban J connectivity index is 2.57. The number of ether oxygens (including phenoxy) is 1. The molecule has 1 rings (SSSR count). The molecule has 1 heterocycles. The van der Waals surface area contributed by atoms with Gasteiger partial charge in [-0.05, 0) is 19.1 Å². The molecule has 0 aromatic carbocycles. The summed E-state index contributed by atoms with van der Waals surface area (Å²) in [5, 5.41) is 0. The number of carbonyl (C=O) groups is 1. The molecule has 0 fully saturated rings. The van der Waals surface area contributed by atoms with Crippen LogP contribution in [0.3, 0.4) is 0 Å². The third-order valence-electron chi connectivity index (χ3n) is 2.08. The molecule has 0 radical (unpaired) electrons. The van der Waals surface area contributed by atoms with Crippen molar-refractivity contribution in [1.82, 2.24) is 4.98 Å². The smallest absolute Gasteiger partial charge is 0.252 e. The zero-order valence-corrected chi connectivity index (χ0v) is 9.43. The van der Waals surface area contributed by atoms with E-state index in [1.54, 1.807) is 29.4 Å². The maximum atomic E-state index is 11.8. The van der Waals surface area contributed by atoms with E-state index in [0.29, 0.717) is 19.7 Å². The van der Waals surface area contributed by atoms with E-state index in [1.807, 2.05) is 6.92 Å². The summed E-state index contributed by atoms with van der Waals surface area (Å²) in [5.74, 6) is -0.0675. The van der Waals surface area contributed by atoms with E-state index in [4.69, 9.17) is 10.5 Å². The molecule has 0 aliphatic carbocycles. The van der Waals surface area contributed by atoms with Crippen LogP contribution in [0.5, 0.6) is 0 Å². The molecular formula is C11H17N3O2. The largest absolute Gasteiger partial charge is 0.370 e. The Morgan fingerprint density at radius 1 is 1.50 bits per heavy atom. The van der Waals surface area contributed by atoms with Crippen molar-refractivity contribution in [3.05, 3.63) is 24.5 Å². The molecule has 88 valence electrons. The molecular weight excluding hydrogens is 206 g/mol. The van der Waals surface area contributed by atoms with Gasteiger partial charge in [0.05, 0.1) is 6.61 Å². The van der Waals surface area contributed by atoms with Crippen LogP contribution in [0, 0.1) is 0 Å². The van der Waals surface area contributed by atoms with E-state index in [2.05, 4.69) is 4.98 Å². The molecule has 1 aromatic heterocycles. The van der Waals surface area contributed by atoms with Crippen LogP contribution in [-0.4, -0.2) is 37.2 Å². The van der Waals surface area contributed by atoms with Crippen molar-refractivity contribution >= 4 is 11.6 Å². The molecule has 5 heteroatoms. The first-order chi connectivity index (χ1) is 7.79. The average molecular weight is 223 g/mol. The number of hydrogen-bond acceptors (Lipinski definition) is 4. The van der Waals surface area contributed by atoms with Crippen LogP contribution in [0.4, 0.5) is 5.69 Å². The molecule has 0 atom stereocenters. The highest BCUT2D eigenvalue weighted by Crippen LogP contribution is 2.11. The topological polar surface area (TPSA) is 68.5 Å². The lowest BCUT2D eigenvalue weighted by Gasteiger charge is -2.20. The van der Waals surface area contributed by atoms with Crippen molar-refractivity contribution in [2.75, 3.05) is 31.2 Å². The summed E-state index contributed by atoms with van der Waals surface area (Å²) in [6, 6.07) is 3.59. The fourth-order valence-corrected chi connectivity index (χ4v) is 1.35. The van der Waals surface area contributed by atoms with Gasteiger partial charge in [0.15, 0.2) is 0 Å². The Morgan fingerprint density at radius 2 is 2.19 bits per heavy atom. The van der Waals surface area contributed by atoms with Gasteiger partial charge >= 0.3 is 0 Å². The van der Waals surface area contributed by atoms with Crippen molar-refractivity contribution in [3.63, 3.8) is 0 Å². The Bertz CT molecular complexity index is 316. The second-order valence-electron chi connectivity index (χ2n) is 3.18. The van der Waals surface area contributed by atoms with Crippen LogP contribution < -0.4 is 10.6 Å². The van der Waals surface area contributed by atoms with Crippen molar-refractivity contribution in [1.29, 1.82) is 0 Å². The Kier molecular flexibility index (Phi) is 5.45. The minimum absolute atomic E-state index is 0.0629. The maximum Gasteiger partial charge on any atom is 0.252 e. The first-order valence-electron chi connectivity index (χ1n) is 5.27. The number of likely N-dealkylation sites (N-methyl/N-ethyl adjacent to an activating group) is 1. The van der Waals surface area contributed by atoms with Crippen molar-refractivity contribution in [3.8, 4) is 0 Å². The van der Waals surface area contributed by atoms with Gasteiger partial charge in [-0.25, -0.2) is 0 Å². The van der Waals surface area contributed by atoms with Gasteiger partial charge in [-0.15, -0.1) is 0 Å². The van der Waals surface area contributed by atoms with Gasteiger partial charge in [0.25, 0.3) is 5.91 Å². The van der Waals surface area contributed by atoms with Crippen LogP contribution in [0.15, 0.2) is 24.5 Å². The summed E-state index contributed by atoms with van der Waals surface area (Å²) in [5.41, 5.74) is 6.11. The van der Waals surface area contributed by atoms with E-state index < -0.39 is 0 Å². The highest BCUT2D eigenvalue weighted by Gasteiger charge is 2.13. The number of rotatable bonds is 6. The van der Waals surface area contributed by atoms with E-state index >= 15 is 0 Å². The third-order valence-corrected chi connectivity index (χ3v) is 2.08. The van der Waals surface area contributed by atoms with Gasteiger partial charge in [0, 0.05) is 31.2 Å². The second-order valence-corrected chi connectivity index (χ2v) is 3.18. The van der Waals surface area contributed by atoms with E-state index in [9.17, 15) is 4.79 Å². The number of pyridine rings is 1. The van der Waals surface area contributed by atoms with Crippen molar-refractivity contribution < 1.29 is 9.53 Å². The van der Waals surface area contributed by atoms with Crippen LogP contribution in [-0.2, 0) is 9.53 Å². The molecule has 0 aliphatic heterocycles. The normalized spacial score (nSPS) is 10.1. The number of anilines is 1.